The molecular weight excluding hydrogens is 244 g/mol. The van der Waals surface area contributed by atoms with E-state index in [0.29, 0.717) is 0 Å². The summed E-state index contributed by atoms with van der Waals surface area (Å²) in [5.74, 6) is 0. The van der Waals surface area contributed by atoms with Crippen molar-refractivity contribution in [3.63, 3.8) is 0 Å². The van der Waals surface area contributed by atoms with Gasteiger partial charge in [0.25, 0.3) is 0 Å². The van der Waals surface area contributed by atoms with E-state index in [1.54, 1.807) is 0 Å². The third kappa shape index (κ3) is 3.13. The second kappa shape index (κ2) is 6.00. The van der Waals surface area contributed by atoms with Gasteiger partial charge in [0.15, 0.2) is 0 Å². The highest BCUT2D eigenvalue weighted by Crippen LogP contribution is 2.36. The molecule has 0 aliphatic carbocycles. The van der Waals surface area contributed by atoms with Crippen molar-refractivity contribution in [2.75, 3.05) is 11.1 Å². The molecule has 20 heavy (non-hydrogen) atoms. The highest BCUT2D eigenvalue weighted by molar-refractivity contribution is 5.76. The molecule has 2 heteroatoms. The van der Waals surface area contributed by atoms with Crippen LogP contribution in [0.25, 0.3) is 0 Å². The Balaban J connectivity index is 2.33. The van der Waals surface area contributed by atoms with E-state index in [1.807, 2.05) is 36.4 Å². The van der Waals surface area contributed by atoms with E-state index >= 15 is 0 Å². The van der Waals surface area contributed by atoms with Crippen molar-refractivity contribution >= 4 is 17.1 Å². The molecule has 2 aromatic carbocycles. The molecule has 106 valence electrons. The first kappa shape index (κ1) is 14.4. The average Bonchev–Trinajstić information content (AvgIpc) is 2.42. The fraction of sp³-hybridized carbons (Fsp3) is 0.333. The second-order valence-electron chi connectivity index (χ2n) is 5.89. The number of anilines is 3. The minimum absolute atomic E-state index is 0.104. The number of nitrogens with two attached hydrogens (primary N) is 1. The molecule has 0 aliphatic rings. The van der Waals surface area contributed by atoms with Gasteiger partial charge in [-0.15, -0.1) is 0 Å². The number of benzene rings is 2. The molecule has 0 bridgehead atoms. The predicted molar refractivity (Wildman–Crippen MR) is 88.5 cm³/mol. The van der Waals surface area contributed by atoms with Crippen LogP contribution in [0.15, 0.2) is 48.5 Å². The lowest BCUT2D eigenvalue weighted by molar-refractivity contribution is 0.475. The van der Waals surface area contributed by atoms with Crippen LogP contribution in [0.1, 0.15) is 39.2 Å². The summed E-state index contributed by atoms with van der Waals surface area (Å²) in [5.41, 5.74) is 10.6. The van der Waals surface area contributed by atoms with E-state index in [0.717, 1.165) is 29.9 Å². The monoisotopic (exact) mass is 268 g/mol. The van der Waals surface area contributed by atoms with Gasteiger partial charge in [-0.25, -0.2) is 0 Å². The van der Waals surface area contributed by atoms with Crippen molar-refractivity contribution < 1.29 is 0 Å². The maximum Gasteiger partial charge on any atom is 0.0621 e. The summed E-state index contributed by atoms with van der Waals surface area (Å²) in [7, 11) is 0. The first-order valence-electron chi connectivity index (χ1n) is 7.25. The predicted octanol–water partition coefficient (Wildman–Crippen LogP) is 5.09. The molecule has 0 aromatic heterocycles. The van der Waals surface area contributed by atoms with Gasteiger partial charge in [-0.3, -0.25) is 0 Å². The molecular formula is C18H24N2. The van der Waals surface area contributed by atoms with E-state index in [2.05, 4.69) is 38.2 Å². The van der Waals surface area contributed by atoms with Crippen LogP contribution >= 0.6 is 0 Å². The van der Waals surface area contributed by atoms with Crippen molar-refractivity contribution in [3.05, 3.63) is 54.1 Å². The Morgan fingerprint density at radius 3 is 2.35 bits per heavy atom. The third-order valence-electron chi connectivity index (χ3n) is 3.76. The number of rotatable bonds is 5. The first-order valence-corrected chi connectivity index (χ1v) is 7.25. The summed E-state index contributed by atoms with van der Waals surface area (Å²) < 4.78 is 0. The first-order chi connectivity index (χ1) is 9.54. The molecule has 0 saturated heterocycles. The third-order valence-corrected chi connectivity index (χ3v) is 3.76. The molecule has 0 saturated carbocycles. The number of hydrogen-bond donors (Lipinski definition) is 2. The summed E-state index contributed by atoms with van der Waals surface area (Å²) in [6.07, 6.45) is 2.29. The van der Waals surface area contributed by atoms with Crippen LogP contribution in [0.4, 0.5) is 17.1 Å². The Labute approximate surface area is 122 Å². The lowest BCUT2D eigenvalue weighted by Gasteiger charge is -2.27. The van der Waals surface area contributed by atoms with E-state index in [-0.39, 0.29) is 5.41 Å². The Bertz CT molecular complexity index is 559. The van der Waals surface area contributed by atoms with Crippen LogP contribution in [0, 0.1) is 0 Å². The van der Waals surface area contributed by atoms with Crippen molar-refractivity contribution in [2.24, 2.45) is 0 Å². The lowest BCUT2D eigenvalue weighted by atomic mass is 9.79. The SMILES string of the molecule is CCCC(C)(C)c1cccc(Nc2ccccc2)c1N. The standard InChI is InChI=1S/C18H24N2/c1-4-13-18(2,3)15-11-8-12-16(17(15)19)20-14-9-6-5-7-10-14/h5-12,20H,4,13,19H2,1-3H3. The quantitative estimate of drug-likeness (QED) is 0.741. The van der Waals surface area contributed by atoms with Gasteiger partial charge in [-0.05, 0) is 35.6 Å². The van der Waals surface area contributed by atoms with Gasteiger partial charge in [-0.2, -0.15) is 0 Å². The van der Waals surface area contributed by atoms with Crippen molar-refractivity contribution in [2.45, 2.75) is 39.0 Å². The summed E-state index contributed by atoms with van der Waals surface area (Å²) in [4.78, 5) is 0. The lowest BCUT2D eigenvalue weighted by Crippen LogP contribution is -2.19. The smallest absolute Gasteiger partial charge is 0.0621 e. The molecule has 2 rings (SSSR count). The maximum atomic E-state index is 6.39. The Morgan fingerprint density at radius 2 is 1.70 bits per heavy atom. The highest BCUT2D eigenvalue weighted by Gasteiger charge is 2.23. The molecule has 0 unspecified atom stereocenters. The highest BCUT2D eigenvalue weighted by atomic mass is 14.9. The van der Waals surface area contributed by atoms with Crippen molar-refractivity contribution in [1.82, 2.24) is 0 Å². The number of hydrogen-bond acceptors (Lipinski definition) is 2. The number of nitrogens with one attached hydrogen (secondary N) is 1. The molecule has 0 spiro atoms. The van der Waals surface area contributed by atoms with Gasteiger partial charge in [-0.1, -0.05) is 57.5 Å². The number of para-hydroxylation sites is 2. The molecule has 3 N–H and O–H groups in total. The van der Waals surface area contributed by atoms with Gasteiger partial charge in [0, 0.05) is 5.69 Å². The summed E-state index contributed by atoms with van der Waals surface area (Å²) in [6.45, 7) is 6.73. The topological polar surface area (TPSA) is 38.0 Å². The normalized spacial score (nSPS) is 11.3. The summed E-state index contributed by atoms with van der Waals surface area (Å²) in [6, 6.07) is 16.4. The zero-order valence-corrected chi connectivity index (χ0v) is 12.6. The van der Waals surface area contributed by atoms with Gasteiger partial charge >= 0.3 is 0 Å². The minimum atomic E-state index is 0.104. The van der Waals surface area contributed by atoms with E-state index in [1.165, 1.54) is 5.56 Å². The molecule has 0 aliphatic heterocycles. The Hall–Kier alpha value is -1.96. The molecule has 0 heterocycles. The zero-order chi connectivity index (χ0) is 14.6. The molecule has 0 amide bonds. The van der Waals surface area contributed by atoms with Crippen LogP contribution in [0.2, 0.25) is 0 Å². The molecule has 2 aromatic rings. The Kier molecular flexibility index (Phi) is 4.33. The van der Waals surface area contributed by atoms with Crippen molar-refractivity contribution in [1.29, 1.82) is 0 Å². The maximum absolute atomic E-state index is 6.39. The molecule has 0 radical (unpaired) electrons. The fourth-order valence-electron chi connectivity index (χ4n) is 2.70. The van der Waals surface area contributed by atoms with Crippen LogP contribution in [0.3, 0.4) is 0 Å². The Morgan fingerprint density at radius 1 is 1.00 bits per heavy atom. The largest absolute Gasteiger partial charge is 0.397 e. The van der Waals surface area contributed by atoms with Crippen molar-refractivity contribution in [3.8, 4) is 0 Å². The van der Waals surface area contributed by atoms with Crippen LogP contribution in [-0.2, 0) is 5.41 Å². The molecule has 0 fully saturated rings. The minimum Gasteiger partial charge on any atom is -0.397 e. The van der Waals surface area contributed by atoms with E-state index in [9.17, 15) is 0 Å². The van der Waals surface area contributed by atoms with E-state index < -0.39 is 0 Å². The molecule has 0 atom stereocenters. The van der Waals surface area contributed by atoms with E-state index in [4.69, 9.17) is 5.73 Å². The van der Waals surface area contributed by atoms with Gasteiger partial charge < -0.3 is 11.1 Å². The zero-order valence-electron chi connectivity index (χ0n) is 12.6. The average molecular weight is 268 g/mol. The van der Waals surface area contributed by atoms with Gasteiger partial charge in [0.1, 0.15) is 0 Å². The van der Waals surface area contributed by atoms with Gasteiger partial charge in [0.05, 0.1) is 11.4 Å². The number of nitrogen functional groups attached to an aromatic ring is 1. The summed E-state index contributed by atoms with van der Waals surface area (Å²) in [5, 5.41) is 3.40. The van der Waals surface area contributed by atoms with Crippen LogP contribution in [-0.4, -0.2) is 0 Å². The summed E-state index contributed by atoms with van der Waals surface area (Å²) >= 11 is 0. The second-order valence-corrected chi connectivity index (χ2v) is 5.89. The van der Waals surface area contributed by atoms with Gasteiger partial charge in [0.2, 0.25) is 0 Å². The fourth-order valence-corrected chi connectivity index (χ4v) is 2.70. The van der Waals surface area contributed by atoms with Crippen LogP contribution in [0.5, 0.6) is 0 Å². The van der Waals surface area contributed by atoms with Crippen LogP contribution < -0.4 is 11.1 Å². The molecule has 2 nitrogen and oxygen atoms in total.